The number of hydrogen-bond donors (Lipinski definition) is 0. The van der Waals surface area contributed by atoms with Gasteiger partial charge in [-0.15, -0.1) is 0 Å². The van der Waals surface area contributed by atoms with Crippen LogP contribution in [-0.4, -0.2) is 12.3 Å². The molecule has 2 rings (SSSR count). The third kappa shape index (κ3) is 7.89. The summed E-state index contributed by atoms with van der Waals surface area (Å²) in [5, 5.41) is 0. The summed E-state index contributed by atoms with van der Waals surface area (Å²) in [6.45, 7) is 19.1. The molecule has 0 bridgehead atoms. The maximum atomic E-state index is 4.46. The minimum Gasteiger partial charge on any atom is -0.285 e. The molecule has 1 nitrogen and oxygen atoms in total. The highest BCUT2D eigenvalue weighted by Gasteiger charge is 2.15. The van der Waals surface area contributed by atoms with Crippen molar-refractivity contribution >= 4 is 5.71 Å². The van der Waals surface area contributed by atoms with E-state index in [-0.39, 0.29) is 0 Å². The maximum Gasteiger partial charge on any atom is 0.0609 e. The van der Waals surface area contributed by atoms with E-state index in [4.69, 9.17) is 0 Å². The van der Waals surface area contributed by atoms with Gasteiger partial charge in [0.15, 0.2) is 0 Å². The summed E-state index contributed by atoms with van der Waals surface area (Å²) in [4.78, 5) is 4.46. The molecule has 1 aliphatic rings. The third-order valence-electron chi connectivity index (χ3n) is 5.20. The minimum atomic E-state index is 0.589. The van der Waals surface area contributed by atoms with E-state index in [1.54, 1.807) is 0 Å². The van der Waals surface area contributed by atoms with Gasteiger partial charge in [-0.25, -0.2) is 0 Å². The SMILES string of the molecule is CC(C)C1=CC(C(C)C)=NC1.CC(C)CCC(c1ccccc1)C(C)C. The maximum absolute atomic E-state index is 4.46. The molecule has 0 spiro atoms. The van der Waals surface area contributed by atoms with Gasteiger partial charge in [-0.3, -0.25) is 4.99 Å². The van der Waals surface area contributed by atoms with Gasteiger partial charge in [-0.1, -0.05) is 92.1 Å². The predicted molar refractivity (Wildman–Crippen MR) is 118 cm³/mol. The van der Waals surface area contributed by atoms with Crippen LogP contribution in [0.4, 0.5) is 0 Å². The number of nitrogens with zero attached hydrogens (tertiary/aromatic N) is 1. The molecule has 1 heterocycles. The van der Waals surface area contributed by atoms with Crippen molar-refractivity contribution < 1.29 is 0 Å². The van der Waals surface area contributed by atoms with Crippen LogP contribution >= 0.6 is 0 Å². The molecule has 0 aliphatic carbocycles. The number of aliphatic imine (C=N–C) groups is 1. The van der Waals surface area contributed by atoms with E-state index in [9.17, 15) is 0 Å². The normalized spacial score (nSPS) is 15.2. The summed E-state index contributed by atoms with van der Waals surface area (Å²) >= 11 is 0. The van der Waals surface area contributed by atoms with E-state index < -0.39 is 0 Å². The van der Waals surface area contributed by atoms with Crippen molar-refractivity contribution in [3.8, 4) is 0 Å². The Hall–Kier alpha value is -1.37. The summed E-state index contributed by atoms with van der Waals surface area (Å²) in [5.41, 5.74) is 4.26. The Morgan fingerprint density at radius 2 is 1.42 bits per heavy atom. The summed E-state index contributed by atoms with van der Waals surface area (Å²) in [7, 11) is 0. The van der Waals surface area contributed by atoms with Gasteiger partial charge < -0.3 is 0 Å². The molecule has 1 heteroatoms. The highest BCUT2D eigenvalue weighted by Crippen LogP contribution is 2.30. The summed E-state index contributed by atoms with van der Waals surface area (Å²) < 4.78 is 0. The Morgan fingerprint density at radius 3 is 1.81 bits per heavy atom. The lowest BCUT2D eigenvalue weighted by Crippen LogP contribution is -2.08. The minimum absolute atomic E-state index is 0.589. The Kier molecular flexibility index (Phi) is 9.91. The monoisotopic (exact) mass is 355 g/mol. The molecule has 0 N–H and O–H groups in total. The second-order valence-electron chi connectivity index (χ2n) is 9.00. The highest BCUT2D eigenvalue weighted by molar-refractivity contribution is 5.98. The van der Waals surface area contributed by atoms with Crippen molar-refractivity contribution in [1.82, 2.24) is 0 Å². The van der Waals surface area contributed by atoms with Gasteiger partial charge in [0, 0.05) is 5.71 Å². The number of allylic oxidation sites excluding steroid dienone is 1. The Morgan fingerprint density at radius 1 is 0.808 bits per heavy atom. The van der Waals surface area contributed by atoms with Crippen molar-refractivity contribution in [3.63, 3.8) is 0 Å². The van der Waals surface area contributed by atoms with E-state index >= 15 is 0 Å². The van der Waals surface area contributed by atoms with E-state index in [0.29, 0.717) is 11.8 Å². The van der Waals surface area contributed by atoms with E-state index in [1.807, 2.05) is 0 Å². The zero-order valence-corrected chi connectivity index (χ0v) is 18.4. The molecular formula is C25H41N. The van der Waals surface area contributed by atoms with Crippen molar-refractivity contribution in [2.45, 2.75) is 74.1 Å². The molecule has 0 radical (unpaired) electrons. The van der Waals surface area contributed by atoms with Crippen LogP contribution in [0.3, 0.4) is 0 Å². The van der Waals surface area contributed by atoms with Gasteiger partial charge in [0.25, 0.3) is 0 Å². The smallest absolute Gasteiger partial charge is 0.0609 e. The predicted octanol–water partition coefficient (Wildman–Crippen LogP) is 7.54. The zero-order chi connectivity index (χ0) is 19.7. The van der Waals surface area contributed by atoms with Gasteiger partial charge in [-0.05, 0) is 53.2 Å². The Labute approximate surface area is 163 Å². The highest BCUT2D eigenvalue weighted by atomic mass is 14.8. The largest absolute Gasteiger partial charge is 0.285 e. The second kappa shape index (κ2) is 11.4. The number of hydrogen-bond acceptors (Lipinski definition) is 1. The molecule has 1 aromatic rings. The van der Waals surface area contributed by atoms with E-state index in [2.05, 4.69) is 96.8 Å². The van der Waals surface area contributed by atoms with E-state index in [1.165, 1.54) is 29.7 Å². The van der Waals surface area contributed by atoms with Crippen LogP contribution in [0, 0.1) is 23.7 Å². The van der Waals surface area contributed by atoms with Crippen LogP contribution in [-0.2, 0) is 0 Å². The molecule has 0 amide bonds. The van der Waals surface area contributed by atoms with Crippen molar-refractivity contribution in [2.24, 2.45) is 28.7 Å². The molecule has 0 saturated heterocycles. The molecule has 0 aromatic heterocycles. The third-order valence-corrected chi connectivity index (χ3v) is 5.20. The molecule has 1 aliphatic heterocycles. The van der Waals surface area contributed by atoms with Gasteiger partial charge in [-0.2, -0.15) is 0 Å². The van der Waals surface area contributed by atoms with Crippen LogP contribution in [0.5, 0.6) is 0 Å². The first kappa shape index (κ1) is 22.7. The molecule has 0 fully saturated rings. The summed E-state index contributed by atoms with van der Waals surface area (Å²) in [5.74, 6) is 3.54. The average Bonchev–Trinajstić information content (AvgIpc) is 3.06. The fraction of sp³-hybridized carbons (Fsp3) is 0.640. The van der Waals surface area contributed by atoms with Gasteiger partial charge in [0.2, 0.25) is 0 Å². The van der Waals surface area contributed by atoms with Gasteiger partial charge in [0.05, 0.1) is 6.54 Å². The quantitative estimate of drug-likeness (QED) is 0.479. The first-order valence-electron chi connectivity index (χ1n) is 10.5. The van der Waals surface area contributed by atoms with Crippen molar-refractivity contribution in [2.75, 3.05) is 6.54 Å². The van der Waals surface area contributed by atoms with E-state index in [0.717, 1.165) is 24.3 Å². The lowest BCUT2D eigenvalue weighted by molar-refractivity contribution is 0.420. The van der Waals surface area contributed by atoms with Crippen LogP contribution < -0.4 is 0 Å². The number of rotatable bonds is 7. The van der Waals surface area contributed by atoms with Crippen LogP contribution in [0.25, 0.3) is 0 Å². The molecule has 1 unspecified atom stereocenters. The van der Waals surface area contributed by atoms with Crippen LogP contribution in [0.1, 0.15) is 79.7 Å². The van der Waals surface area contributed by atoms with Gasteiger partial charge in [0.1, 0.15) is 0 Å². The van der Waals surface area contributed by atoms with Crippen LogP contribution in [0.2, 0.25) is 0 Å². The van der Waals surface area contributed by atoms with Crippen LogP contribution in [0.15, 0.2) is 47.0 Å². The topological polar surface area (TPSA) is 12.4 Å². The summed E-state index contributed by atoms with van der Waals surface area (Å²) in [6, 6.07) is 10.9. The number of benzene rings is 1. The lowest BCUT2D eigenvalue weighted by atomic mass is 9.83. The Balaban J connectivity index is 0.000000273. The lowest BCUT2D eigenvalue weighted by Gasteiger charge is -2.22. The fourth-order valence-corrected chi connectivity index (χ4v) is 3.26. The molecule has 1 aromatic carbocycles. The molecule has 146 valence electrons. The second-order valence-corrected chi connectivity index (χ2v) is 9.00. The van der Waals surface area contributed by atoms with Crippen molar-refractivity contribution in [3.05, 3.63) is 47.5 Å². The molecule has 1 atom stereocenters. The fourth-order valence-electron chi connectivity index (χ4n) is 3.26. The first-order valence-corrected chi connectivity index (χ1v) is 10.5. The summed E-state index contributed by atoms with van der Waals surface area (Å²) in [6.07, 6.45) is 4.91. The molecule has 0 saturated carbocycles. The zero-order valence-electron chi connectivity index (χ0n) is 18.4. The molecule has 26 heavy (non-hydrogen) atoms. The first-order chi connectivity index (χ1) is 12.2. The average molecular weight is 356 g/mol. The Bertz CT molecular complexity index is 561. The van der Waals surface area contributed by atoms with Crippen molar-refractivity contribution in [1.29, 1.82) is 0 Å². The standard InChI is InChI=1S/C15H24.C10H17N/c1-12(2)10-11-15(13(3)4)14-8-6-5-7-9-14;1-7(2)9-5-10(8(3)4)11-6-9/h5-9,12-13,15H,10-11H2,1-4H3;5,7-8H,6H2,1-4H3. The van der Waals surface area contributed by atoms with Gasteiger partial charge >= 0.3 is 0 Å². The molecular weight excluding hydrogens is 314 g/mol.